The molecule has 144 valence electrons. The molecule has 3 aromatic carbocycles. The average molecular weight is 465 g/mol. The maximum absolute atomic E-state index is 13.2. The van der Waals surface area contributed by atoms with Crippen LogP contribution in [0.1, 0.15) is 10.4 Å². The molecule has 0 fully saturated rings. The molecule has 3 aromatic rings. The molecule has 1 amide bonds. The molecule has 7 heteroatoms. The Morgan fingerprint density at radius 2 is 1.75 bits per heavy atom. The smallest absolute Gasteiger partial charge is 0.255 e. The van der Waals surface area contributed by atoms with Crippen LogP contribution in [0.2, 0.25) is 5.02 Å². The Morgan fingerprint density at radius 3 is 2.46 bits per heavy atom. The molecule has 28 heavy (non-hydrogen) atoms. The summed E-state index contributed by atoms with van der Waals surface area (Å²) < 4.78 is 25.1. The lowest BCUT2D eigenvalue weighted by atomic mass is 10.2. The van der Waals surface area contributed by atoms with Crippen LogP contribution >= 0.6 is 27.5 Å². The highest BCUT2D eigenvalue weighted by molar-refractivity contribution is 9.10. The predicted molar refractivity (Wildman–Crippen MR) is 111 cm³/mol. The standard InChI is InChI=1S/C21H16BrClFNO3/c22-17-12-14(21(26)25-15-7-8-19(24)18(23)13-15)6-9-20(17)28-11-10-27-16-4-2-1-3-5-16/h1-9,12-13H,10-11H2,(H,25,26). The second-order valence-corrected chi connectivity index (χ2v) is 7.00. The number of rotatable bonds is 7. The quantitative estimate of drug-likeness (QED) is 0.439. The third-order valence-electron chi connectivity index (χ3n) is 3.72. The second-order valence-electron chi connectivity index (χ2n) is 5.74. The lowest BCUT2D eigenvalue weighted by molar-refractivity contribution is 0.102. The zero-order chi connectivity index (χ0) is 19.9. The van der Waals surface area contributed by atoms with Crippen molar-refractivity contribution in [2.24, 2.45) is 0 Å². The maximum atomic E-state index is 13.2. The summed E-state index contributed by atoms with van der Waals surface area (Å²) in [5.41, 5.74) is 0.825. The Bertz CT molecular complexity index is 969. The zero-order valence-corrected chi connectivity index (χ0v) is 17.0. The molecule has 0 aromatic heterocycles. The highest BCUT2D eigenvalue weighted by atomic mass is 79.9. The number of amides is 1. The minimum atomic E-state index is -0.542. The molecule has 0 radical (unpaired) electrons. The number of carbonyl (C=O) groups excluding carboxylic acids is 1. The number of hydrogen-bond donors (Lipinski definition) is 1. The van der Waals surface area contributed by atoms with Gasteiger partial charge in [0.25, 0.3) is 5.91 Å². The Balaban J connectivity index is 1.55. The van der Waals surface area contributed by atoms with Crippen molar-refractivity contribution in [1.82, 2.24) is 0 Å². The monoisotopic (exact) mass is 463 g/mol. The first-order valence-corrected chi connectivity index (χ1v) is 9.56. The zero-order valence-electron chi connectivity index (χ0n) is 14.6. The molecule has 0 atom stereocenters. The van der Waals surface area contributed by atoms with Crippen LogP contribution < -0.4 is 14.8 Å². The van der Waals surface area contributed by atoms with Gasteiger partial charge in [-0.3, -0.25) is 4.79 Å². The summed E-state index contributed by atoms with van der Waals surface area (Å²) >= 11 is 9.13. The third kappa shape index (κ3) is 5.47. The molecule has 0 heterocycles. The van der Waals surface area contributed by atoms with Crippen molar-refractivity contribution >= 4 is 39.1 Å². The van der Waals surface area contributed by atoms with Crippen molar-refractivity contribution in [3.05, 3.63) is 87.6 Å². The molecule has 0 saturated carbocycles. The summed E-state index contributed by atoms with van der Waals surface area (Å²) in [6, 6.07) is 18.4. The molecule has 0 aliphatic heterocycles. The van der Waals surface area contributed by atoms with E-state index >= 15 is 0 Å². The van der Waals surface area contributed by atoms with E-state index in [1.54, 1.807) is 18.2 Å². The Morgan fingerprint density at radius 1 is 1.00 bits per heavy atom. The summed E-state index contributed by atoms with van der Waals surface area (Å²) in [5.74, 6) is 0.485. The minimum Gasteiger partial charge on any atom is -0.490 e. The fraction of sp³-hybridized carbons (Fsp3) is 0.0952. The number of halogens is 3. The van der Waals surface area contributed by atoms with Gasteiger partial charge < -0.3 is 14.8 Å². The molecule has 0 saturated heterocycles. The molecule has 1 N–H and O–H groups in total. The number of hydrogen-bond acceptors (Lipinski definition) is 3. The van der Waals surface area contributed by atoms with Crippen molar-refractivity contribution in [2.45, 2.75) is 0 Å². The fourth-order valence-corrected chi connectivity index (χ4v) is 3.04. The van der Waals surface area contributed by atoms with Gasteiger partial charge in [0.15, 0.2) is 0 Å². The lowest BCUT2D eigenvalue weighted by Gasteiger charge is -2.11. The number of nitrogens with one attached hydrogen (secondary N) is 1. The number of anilines is 1. The summed E-state index contributed by atoms with van der Waals surface area (Å²) in [4.78, 5) is 12.4. The van der Waals surface area contributed by atoms with Crippen molar-refractivity contribution in [3.8, 4) is 11.5 Å². The van der Waals surface area contributed by atoms with Gasteiger partial charge in [-0.1, -0.05) is 29.8 Å². The second kappa shape index (κ2) is 9.57. The Hall–Kier alpha value is -2.57. The molecule has 0 aliphatic rings. The first-order chi connectivity index (χ1) is 13.5. The fourth-order valence-electron chi connectivity index (χ4n) is 2.36. The molecule has 0 aliphatic carbocycles. The largest absolute Gasteiger partial charge is 0.490 e. The van der Waals surface area contributed by atoms with Gasteiger partial charge in [-0.25, -0.2) is 4.39 Å². The van der Waals surface area contributed by atoms with Gasteiger partial charge in [0, 0.05) is 11.3 Å². The molecular formula is C21H16BrClFNO3. The first kappa shape index (κ1) is 20.2. The summed E-state index contributed by atoms with van der Waals surface area (Å²) in [7, 11) is 0. The predicted octanol–water partition coefficient (Wildman–Crippen LogP) is 5.95. The molecule has 4 nitrogen and oxygen atoms in total. The van der Waals surface area contributed by atoms with Gasteiger partial charge >= 0.3 is 0 Å². The van der Waals surface area contributed by atoms with E-state index in [-0.39, 0.29) is 10.9 Å². The van der Waals surface area contributed by atoms with Gasteiger partial charge in [0.05, 0.1) is 9.50 Å². The molecular weight excluding hydrogens is 449 g/mol. The lowest BCUT2D eigenvalue weighted by Crippen LogP contribution is -2.12. The van der Waals surface area contributed by atoms with Crippen LogP contribution in [0.4, 0.5) is 10.1 Å². The van der Waals surface area contributed by atoms with Crippen LogP contribution in [-0.4, -0.2) is 19.1 Å². The van der Waals surface area contributed by atoms with Crippen molar-refractivity contribution in [2.75, 3.05) is 18.5 Å². The van der Waals surface area contributed by atoms with E-state index in [9.17, 15) is 9.18 Å². The molecule has 3 rings (SSSR count). The third-order valence-corrected chi connectivity index (χ3v) is 4.63. The number of carbonyl (C=O) groups is 1. The van der Waals surface area contributed by atoms with E-state index < -0.39 is 5.82 Å². The van der Waals surface area contributed by atoms with Crippen LogP contribution in [0.3, 0.4) is 0 Å². The highest BCUT2D eigenvalue weighted by Crippen LogP contribution is 2.27. The maximum Gasteiger partial charge on any atom is 0.255 e. The summed E-state index contributed by atoms with van der Waals surface area (Å²) in [5, 5.41) is 2.62. The summed E-state index contributed by atoms with van der Waals surface area (Å²) in [6.45, 7) is 0.747. The van der Waals surface area contributed by atoms with Gasteiger partial charge in [-0.2, -0.15) is 0 Å². The van der Waals surface area contributed by atoms with Gasteiger partial charge in [0.2, 0.25) is 0 Å². The van der Waals surface area contributed by atoms with Crippen LogP contribution in [0, 0.1) is 5.82 Å². The van der Waals surface area contributed by atoms with E-state index in [0.717, 1.165) is 5.75 Å². The van der Waals surface area contributed by atoms with Gasteiger partial charge in [0.1, 0.15) is 30.5 Å². The van der Waals surface area contributed by atoms with Crippen molar-refractivity contribution in [1.29, 1.82) is 0 Å². The van der Waals surface area contributed by atoms with E-state index in [4.69, 9.17) is 21.1 Å². The average Bonchev–Trinajstić information content (AvgIpc) is 2.70. The van der Waals surface area contributed by atoms with E-state index in [0.29, 0.717) is 34.7 Å². The highest BCUT2D eigenvalue weighted by Gasteiger charge is 2.11. The number of ether oxygens (including phenoxy) is 2. The minimum absolute atomic E-state index is 0.0551. The van der Waals surface area contributed by atoms with E-state index in [2.05, 4.69) is 21.2 Å². The topological polar surface area (TPSA) is 47.6 Å². The summed E-state index contributed by atoms with van der Waals surface area (Å²) in [6.07, 6.45) is 0. The molecule has 0 spiro atoms. The van der Waals surface area contributed by atoms with Crippen LogP contribution in [0.5, 0.6) is 11.5 Å². The molecule has 0 unspecified atom stereocenters. The molecule has 0 bridgehead atoms. The number of benzene rings is 3. The van der Waals surface area contributed by atoms with Crippen molar-refractivity contribution < 1.29 is 18.7 Å². The van der Waals surface area contributed by atoms with Crippen LogP contribution in [-0.2, 0) is 0 Å². The number of para-hydroxylation sites is 1. The van der Waals surface area contributed by atoms with Crippen LogP contribution in [0.25, 0.3) is 0 Å². The Labute approximate surface area is 175 Å². The van der Waals surface area contributed by atoms with E-state index in [1.807, 2.05) is 30.3 Å². The van der Waals surface area contributed by atoms with Crippen LogP contribution in [0.15, 0.2) is 71.2 Å². The van der Waals surface area contributed by atoms with Crippen molar-refractivity contribution in [3.63, 3.8) is 0 Å². The first-order valence-electron chi connectivity index (χ1n) is 8.39. The van der Waals surface area contributed by atoms with E-state index in [1.165, 1.54) is 18.2 Å². The van der Waals surface area contributed by atoms with Gasteiger partial charge in [-0.05, 0) is 64.5 Å². The Kier molecular flexibility index (Phi) is 6.90. The normalized spacial score (nSPS) is 10.4. The SMILES string of the molecule is O=C(Nc1ccc(F)c(Cl)c1)c1ccc(OCCOc2ccccc2)c(Br)c1. The van der Waals surface area contributed by atoms with Gasteiger partial charge in [-0.15, -0.1) is 0 Å².